The lowest BCUT2D eigenvalue weighted by Gasteiger charge is -2.18. The minimum Gasteiger partial charge on any atom is -0.462 e. The van der Waals surface area contributed by atoms with Crippen molar-refractivity contribution in [1.82, 2.24) is 0 Å². The molecule has 0 aromatic carbocycles. The van der Waals surface area contributed by atoms with E-state index < -0.39 is 6.10 Å². The third-order valence-corrected chi connectivity index (χ3v) is 13.2. The van der Waals surface area contributed by atoms with Crippen LogP contribution in [0.1, 0.15) is 323 Å². The van der Waals surface area contributed by atoms with Gasteiger partial charge in [0.1, 0.15) is 13.2 Å². The summed E-state index contributed by atoms with van der Waals surface area (Å²) in [6, 6.07) is 0. The van der Waals surface area contributed by atoms with Crippen molar-refractivity contribution in [3.8, 4) is 0 Å². The van der Waals surface area contributed by atoms with Crippen molar-refractivity contribution in [2.24, 2.45) is 0 Å². The molecule has 0 aromatic heterocycles. The lowest BCUT2D eigenvalue weighted by molar-refractivity contribution is -0.167. The van der Waals surface area contributed by atoms with Crippen molar-refractivity contribution in [2.45, 2.75) is 329 Å². The molecule has 6 nitrogen and oxygen atoms in total. The zero-order chi connectivity index (χ0) is 47.9. The Balaban J connectivity index is 4.07. The highest BCUT2D eigenvalue weighted by Crippen LogP contribution is 2.16. The highest BCUT2D eigenvalue weighted by atomic mass is 16.6. The summed E-state index contributed by atoms with van der Waals surface area (Å²) in [5, 5.41) is 0. The van der Waals surface area contributed by atoms with Gasteiger partial charge in [-0.2, -0.15) is 0 Å². The first kappa shape index (κ1) is 63.9. The van der Waals surface area contributed by atoms with Crippen LogP contribution in [0, 0.1) is 0 Å². The van der Waals surface area contributed by atoms with Gasteiger partial charge in [-0.25, -0.2) is 0 Å². The van der Waals surface area contributed by atoms with E-state index in [0.29, 0.717) is 19.3 Å². The Morgan fingerprint density at radius 3 is 0.758 bits per heavy atom. The molecule has 0 bridgehead atoms. The molecule has 388 valence electrons. The standard InChI is InChI=1S/C60H112O6/c1-4-7-10-13-16-18-20-22-24-26-27-28-29-30-31-32-33-35-36-38-40-42-44-47-50-53-59(62)65-56-57(55-64-58(61)52-49-46-15-12-9-6-3)66-60(63)54-51-48-45-43-41-39-37-34-25-23-21-19-17-14-11-8-5-2/h23,25-27,57H,4-22,24,28-56H2,1-3H3/b25-23-,27-26-. The fourth-order valence-electron chi connectivity index (χ4n) is 8.73. The Morgan fingerprint density at radius 2 is 0.500 bits per heavy atom. The van der Waals surface area contributed by atoms with Gasteiger partial charge in [0.05, 0.1) is 0 Å². The van der Waals surface area contributed by atoms with Gasteiger partial charge in [0.25, 0.3) is 0 Å². The first-order valence-corrected chi connectivity index (χ1v) is 29.3. The third-order valence-electron chi connectivity index (χ3n) is 13.2. The van der Waals surface area contributed by atoms with Crippen LogP contribution in [-0.2, 0) is 28.6 Å². The number of hydrogen-bond donors (Lipinski definition) is 0. The first-order chi connectivity index (χ1) is 32.5. The Labute approximate surface area is 411 Å². The number of esters is 3. The summed E-state index contributed by atoms with van der Waals surface area (Å²) in [7, 11) is 0. The molecule has 0 radical (unpaired) electrons. The molecule has 0 aromatic rings. The van der Waals surface area contributed by atoms with Crippen LogP contribution in [0.3, 0.4) is 0 Å². The number of hydrogen-bond acceptors (Lipinski definition) is 6. The van der Waals surface area contributed by atoms with Crippen LogP contribution in [0.25, 0.3) is 0 Å². The van der Waals surface area contributed by atoms with E-state index in [1.807, 2.05) is 0 Å². The SMILES string of the molecule is CCCCCCCC/C=C\CCCCCCCCCC(=O)OC(COC(=O)CCCCCCCC)COC(=O)CCCCCCCCCCCCCCC/C=C\CCCCCCCCCC. The summed E-state index contributed by atoms with van der Waals surface area (Å²) in [6.07, 6.45) is 65.0. The fourth-order valence-corrected chi connectivity index (χ4v) is 8.73. The topological polar surface area (TPSA) is 78.9 Å². The Kier molecular flexibility index (Phi) is 53.7. The normalized spacial score (nSPS) is 12.1. The first-order valence-electron chi connectivity index (χ1n) is 29.3. The van der Waals surface area contributed by atoms with Crippen LogP contribution in [0.5, 0.6) is 0 Å². The maximum absolute atomic E-state index is 12.8. The van der Waals surface area contributed by atoms with E-state index in [1.54, 1.807) is 0 Å². The maximum atomic E-state index is 12.8. The molecule has 0 saturated heterocycles. The van der Waals surface area contributed by atoms with E-state index >= 15 is 0 Å². The minimum absolute atomic E-state index is 0.0696. The Bertz CT molecular complexity index is 1070. The molecule has 0 fully saturated rings. The molecule has 0 amide bonds. The van der Waals surface area contributed by atoms with Gasteiger partial charge in [0.2, 0.25) is 0 Å². The second-order valence-electron chi connectivity index (χ2n) is 19.9. The van der Waals surface area contributed by atoms with Crippen molar-refractivity contribution in [3.05, 3.63) is 24.3 Å². The van der Waals surface area contributed by atoms with Gasteiger partial charge in [-0.05, 0) is 70.6 Å². The predicted molar refractivity (Wildman–Crippen MR) is 284 cm³/mol. The Hall–Kier alpha value is -2.11. The zero-order valence-electron chi connectivity index (χ0n) is 44.5. The fraction of sp³-hybridized carbons (Fsp3) is 0.883. The van der Waals surface area contributed by atoms with E-state index in [1.165, 1.54) is 225 Å². The molecule has 1 unspecified atom stereocenters. The molecular weight excluding hydrogens is 817 g/mol. The van der Waals surface area contributed by atoms with E-state index in [-0.39, 0.29) is 31.1 Å². The molecule has 66 heavy (non-hydrogen) atoms. The molecule has 1 atom stereocenters. The van der Waals surface area contributed by atoms with Crippen LogP contribution in [0.2, 0.25) is 0 Å². The smallest absolute Gasteiger partial charge is 0.306 e. The van der Waals surface area contributed by atoms with Crippen LogP contribution in [-0.4, -0.2) is 37.2 Å². The number of ether oxygens (including phenoxy) is 3. The van der Waals surface area contributed by atoms with Gasteiger partial charge in [0, 0.05) is 19.3 Å². The highest BCUT2D eigenvalue weighted by molar-refractivity contribution is 5.71. The van der Waals surface area contributed by atoms with Gasteiger partial charge >= 0.3 is 17.9 Å². The number of rotatable bonds is 54. The molecular formula is C60H112O6. The monoisotopic (exact) mass is 929 g/mol. The van der Waals surface area contributed by atoms with E-state index in [2.05, 4.69) is 45.1 Å². The second kappa shape index (κ2) is 55.5. The van der Waals surface area contributed by atoms with Crippen molar-refractivity contribution in [1.29, 1.82) is 0 Å². The molecule has 0 spiro atoms. The summed E-state index contributed by atoms with van der Waals surface area (Å²) >= 11 is 0. The van der Waals surface area contributed by atoms with E-state index in [9.17, 15) is 14.4 Å². The third kappa shape index (κ3) is 52.9. The number of allylic oxidation sites excluding steroid dienone is 4. The predicted octanol–water partition coefficient (Wildman–Crippen LogP) is 19.5. The van der Waals surface area contributed by atoms with E-state index in [0.717, 1.165) is 57.8 Å². The molecule has 6 heteroatoms. The summed E-state index contributed by atoms with van der Waals surface area (Å²) in [6.45, 7) is 6.61. The molecule has 0 aliphatic carbocycles. The molecule has 0 aliphatic rings. The van der Waals surface area contributed by atoms with Crippen molar-refractivity contribution in [2.75, 3.05) is 13.2 Å². The summed E-state index contributed by atoms with van der Waals surface area (Å²) < 4.78 is 16.8. The van der Waals surface area contributed by atoms with Crippen LogP contribution in [0.15, 0.2) is 24.3 Å². The zero-order valence-corrected chi connectivity index (χ0v) is 44.5. The lowest BCUT2D eigenvalue weighted by atomic mass is 10.0. The minimum atomic E-state index is -0.767. The van der Waals surface area contributed by atoms with Crippen molar-refractivity contribution < 1.29 is 28.6 Å². The molecule has 0 aliphatic heterocycles. The summed E-state index contributed by atoms with van der Waals surface area (Å²) in [5.74, 6) is -0.867. The molecule has 0 saturated carbocycles. The molecule has 0 rings (SSSR count). The number of carbonyl (C=O) groups excluding carboxylic acids is 3. The van der Waals surface area contributed by atoms with Gasteiger partial charge in [0.15, 0.2) is 6.10 Å². The van der Waals surface area contributed by atoms with Gasteiger partial charge in [-0.1, -0.05) is 257 Å². The van der Waals surface area contributed by atoms with Gasteiger partial charge in [-0.3, -0.25) is 14.4 Å². The van der Waals surface area contributed by atoms with Crippen LogP contribution in [0.4, 0.5) is 0 Å². The maximum Gasteiger partial charge on any atom is 0.306 e. The second-order valence-corrected chi connectivity index (χ2v) is 19.9. The van der Waals surface area contributed by atoms with Crippen molar-refractivity contribution in [3.63, 3.8) is 0 Å². The number of unbranched alkanes of at least 4 members (excludes halogenated alkanes) is 39. The van der Waals surface area contributed by atoms with Gasteiger partial charge < -0.3 is 14.2 Å². The quantitative estimate of drug-likeness (QED) is 0.0262. The summed E-state index contributed by atoms with van der Waals surface area (Å²) in [4.78, 5) is 37.9. The van der Waals surface area contributed by atoms with Gasteiger partial charge in [-0.15, -0.1) is 0 Å². The number of carbonyl (C=O) groups is 3. The highest BCUT2D eigenvalue weighted by Gasteiger charge is 2.19. The molecule has 0 N–H and O–H groups in total. The Morgan fingerprint density at radius 1 is 0.288 bits per heavy atom. The van der Waals surface area contributed by atoms with Crippen LogP contribution < -0.4 is 0 Å². The van der Waals surface area contributed by atoms with Crippen LogP contribution >= 0.6 is 0 Å². The largest absolute Gasteiger partial charge is 0.462 e. The lowest BCUT2D eigenvalue weighted by Crippen LogP contribution is -2.30. The molecule has 0 heterocycles. The average molecular weight is 930 g/mol. The summed E-state index contributed by atoms with van der Waals surface area (Å²) in [5.41, 5.74) is 0. The average Bonchev–Trinajstić information content (AvgIpc) is 3.31. The van der Waals surface area contributed by atoms with E-state index in [4.69, 9.17) is 14.2 Å². The van der Waals surface area contributed by atoms with Crippen molar-refractivity contribution >= 4 is 17.9 Å².